The molecule has 2 heterocycles. The van der Waals surface area contributed by atoms with Gasteiger partial charge in [0.05, 0.1) is 13.7 Å². The van der Waals surface area contributed by atoms with E-state index in [9.17, 15) is 0 Å². The van der Waals surface area contributed by atoms with Gasteiger partial charge in [0.1, 0.15) is 0 Å². The van der Waals surface area contributed by atoms with Gasteiger partial charge in [-0.05, 0) is 58.1 Å². The highest BCUT2D eigenvalue weighted by Gasteiger charge is 2.24. The molecule has 1 aliphatic heterocycles. The van der Waals surface area contributed by atoms with Gasteiger partial charge in [-0.15, -0.1) is 0 Å². The Bertz CT molecular complexity index is 648. The van der Waals surface area contributed by atoms with E-state index < -0.39 is 0 Å². The van der Waals surface area contributed by atoms with E-state index in [0.29, 0.717) is 24.1 Å². The highest BCUT2D eigenvalue weighted by atomic mass is 16.5. The molecule has 0 radical (unpaired) electrons. The first-order valence-electron chi connectivity index (χ1n) is 8.04. The number of hydrogen-bond acceptors (Lipinski definition) is 6. The second-order valence-corrected chi connectivity index (χ2v) is 5.83. The number of piperidine rings is 1. The van der Waals surface area contributed by atoms with Crippen LogP contribution in [0.3, 0.4) is 0 Å². The number of ether oxygens (including phenoxy) is 2. The molecule has 0 bridgehead atoms. The van der Waals surface area contributed by atoms with Gasteiger partial charge < -0.3 is 18.9 Å². The Labute approximate surface area is 136 Å². The van der Waals surface area contributed by atoms with Gasteiger partial charge in [-0.25, -0.2) is 0 Å². The summed E-state index contributed by atoms with van der Waals surface area (Å²) >= 11 is 0. The Morgan fingerprint density at radius 3 is 2.74 bits per heavy atom. The summed E-state index contributed by atoms with van der Waals surface area (Å²) in [5, 5.41) is 4.14. The van der Waals surface area contributed by atoms with Gasteiger partial charge in [-0.2, -0.15) is 4.98 Å². The predicted molar refractivity (Wildman–Crippen MR) is 86.9 cm³/mol. The van der Waals surface area contributed by atoms with Crippen LogP contribution in [0.2, 0.25) is 0 Å². The van der Waals surface area contributed by atoms with Crippen LogP contribution in [-0.4, -0.2) is 48.9 Å². The molecule has 0 N–H and O–H groups in total. The fourth-order valence-corrected chi connectivity index (χ4v) is 2.86. The third kappa shape index (κ3) is 3.47. The third-order valence-corrected chi connectivity index (χ3v) is 4.23. The second kappa shape index (κ2) is 7.00. The van der Waals surface area contributed by atoms with Crippen LogP contribution in [-0.2, 0) is 0 Å². The van der Waals surface area contributed by atoms with Crippen molar-refractivity contribution in [3.63, 3.8) is 0 Å². The van der Waals surface area contributed by atoms with Crippen molar-refractivity contribution in [2.24, 2.45) is 0 Å². The highest BCUT2D eigenvalue weighted by molar-refractivity contribution is 5.60. The molecule has 1 aromatic heterocycles. The van der Waals surface area contributed by atoms with E-state index in [1.54, 1.807) is 7.11 Å². The maximum atomic E-state index is 5.54. The molecule has 1 saturated heterocycles. The number of nitrogens with zero attached hydrogens (tertiary/aromatic N) is 3. The quantitative estimate of drug-likeness (QED) is 0.845. The van der Waals surface area contributed by atoms with Gasteiger partial charge in [0.15, 0.2) is 11.5 Å². The number of rotatable bonds is 5. The average Bonchev–Trinajstić information content (AvgIpc) is 3.06. The average molecular weight is 317 g/mol. The van der Waals surface area contributed by atoms with Crippen LogP contribution in [0, 0.1) is 0 Å². The number of likely N-dealkylation sites (tertiary alicyclic amines) is 1. The van der Waals surface area contributed by atoms with Crippen LogP contribution in [0.4, 0.5) is 0 Å². The number of benzene rings is 1. The van der Waals surface area contributed by atoms with E-state index in [1.807, 2.05) is 25.1 Å². The van der Waals surface area contributed by atoms with Gasteiger partial charge in [0.2, 0.25) is 11.7 Å². The van der Waals surface area contributed by atoms with Crippen molar-refractivity contribution < 1.29 is 14.0 Å². The van der Waals surface area contributed by atoms with Crippen molar-refractivity contribution in [2.45, 2.75) is 25.7 Å². The summed E-state index contributed by atoms with van der Waals surface area (Å²) in [6.45, 7) is 4.68. The van der Waals surface area contributed by atoms with Crippen molar-refractivity contribution >= 4 is 0 Å². The van der Waals surface area contributed by atoms with E-state index in [0.717, 1.165) is 43.1 Å². The zero-order chi connectivity index (χ0) is 16.2. The Morgan fingerprint density at radius 2 is 2.04 bits per heavy atom. The van der Waals surface area contributed by atoms with Gasteiger partial charge in [0.25, 0.3) is 0 Å². The summed E-state index contributed by atoms with van der Waals surface area (Å²) in [5.41, 5.74) is 0.869. The molecule has 0 saturated carbocycles. The first-order chi connectivity index (χ1) is 11.2. The largest absolute Gasteiger partial charge is 0.493 e. The minimum Gasteiger partial charge on any atom is -0.493 e. The summed E-state index contributed by atoms with van der Waals surface area (Å²) in [6, 6.07) is 5.69. The van der Waals surface area contributed by atoms with Gasteiger partial charge in [0, 0.05) is 11.5 Å². The first-order valence-corrected chi connectivity index (χ1v) is 8.04. The molecule has 3 rings (SSSR count). The van der Waals surface area contributed by atoms with E-state index in [4.69, 9.17) is 14.0 Å². The van der Waals surface area contributed by atoms with Gasteiger partial charge in [-0.3, -0.25) is 0 Å². The maximum Gasteiger partial charge on any atom is 0.230 e. The van der Waals surface area contributed by atoms with Crippen LogP contribution >= 0.6 is 0 Å². The van der Waals surface area contributed by atoms with Crippen LogP contribution in [0.15, 0.2) is 22.7 Å². The lowest BCUT2D eigenvalue weighted by Crippen LogP contribution is -2.29. The molecule has 0 unspecified atom stereocenters. The van der Waals surface area contributed by atoms with Crippen molar-refractivity contribution in [1.82, 2.24) is 15.0 Å². The van der Waals surface area contributed by atoms with E-state index in [-0.39, 0.29) is 0 Å². The Kier molecular flexibility index (Phi) is 4.81. The van der Waals surface area contributed by atoms with Crippen molar-refractivity contribution in [2.75, 3.05) is 33.9 Å². The minimum atomic E-state index is 0.358. The van der Waals surface area contributed by atoms with Crippen molar-refractivity contribution in [1.29, 1.82) is 0 Å². The smallest absolute Gasteiger partial charge is 0.230 e. The molecule has 124 valence electrons. The zero-order valence-electron chi connectivity index (χ0n) is 13.9. The van der Waals surface area contributed by atoms with Crippen LogP contribution in [0.5, 0.6) is 11.5 Å². The topological polar surface area (TPSA) is 60.6 Å². The number of hydrogen-bond donors (Lipinski definition) is 0. The van der Waals surface area contributed by atoms with Crippen molar-refractivity contribution in [3.8, 4) is 22.9 Å². The minimum absolute atomic E-state index is 0.358. The lowest BCUT2D eigenvalue weighted by atomic mass is 9.97. The molecule has 1 fully saturated rings. The molecule has 1 aromatic carbocycles. The van der Waals surface area contributed by atoms with Gasteiger partial charge >= 0.3 is 0 Å². The van der Waals surface area contributed by atoms with Gasteiger partial charge in [-0.1, -0.05) is 5.16 Å². The summed E-state index contributed by atoms with van der Waals surface area (Å²) in [7, 11) is 3.77. The first kappa shape index (κ1) is 15.8. The van der Waals surface area contributed by atoms with E-state index >= 15 is 0 Å². The molecular weight excluding hydrogens is 294 g/mol. The Hall–Kier alpha value is -2.08. The monoisotopic (exact) mass is 317 g/mol. The molecule has 0 amide bonds. The molecule has 6 heteroatoms. The fourth-order valence-electron chi connectivity index (χ4n) is 2.86. The SMILES string of the molecule is CCOc1ccc(-c2noc(C3CCN(C)CC3)n2)cc1OC. The molecule has 6 nitrogen and oxygen atoms in total. The molecule has 23 heavy (non-hydrogen) atoms. The van der Waals surface area contributed by atoms with Crippen LogP contribution in [0.1, 0.15) is 31.6 Å². The molecule has 2 aromatic rings. The van der Waals surface area contributed by atoms with Crippen molar-refractivity contribution in [3.05, 3.63) is 24.1 Å². The van der Waals surface area contributed by atoms with E-state index in [1.165, 1.54) is 0 Å². The van der Waals surface area contributed by atoms with Crippen LogP contribution in [0.25, 0.3) is 11.4 Å². The summed E-state index contributed by atoms with van der Waals surface area (Å²) in [4.78, 5) is 6.91. The fraction of sp³-hybridized carbons (Fsp3) is 0.529. The number of aromatic nitrogens is 2. The molecular formula is C17H23N3O3. The third-order valence-electron chi connectivity index (χ3n) is 4.23. The molecule has 0 atom stereocenters. The maximum absolute atomic E-state index is 5.54. The summed E-state index contributed by atoms with van der Waals surface area (Å²) in [5.74, 6) is 3.09. The summed E-state index contributed by atoms with van der Waals surface area (Å²) < 4.78 is 16.4. The van der Waals surface area contributed by atoms with E-state index in [2.05, 4.69) is 22.1 Å². The highest BCUT2D eigenvalue weighted by Crippen LogP contribution is 2.33. The lowest BCUT2D eigenvalue weighted by molar-refractivity contribution is 0.227. The molecule has 1 aliphatic rings. The lowest BCUT2D eigenvalue weighted by Gasteiger charge is -2.26. The second-order valence-electron chi connectivity index (χ2n) is 5.83. The zero-order valence-corrected chi connectivity index (χ0v) is 13.9. The Balaban J connectivity index is 1.80. The number of methoxy groups -OCH3 is 1. The molecule has 0 spiro atoms. The standard InChI is InChI=1S/C17H23N3O3/c1-4-22-14-6-5-13(11-15(14)21-3)16-18-17(23-19-16)12-7-9-20(2)10-8-12/h5-6,11-12H,4,7-10H2,1-3H3. The summed E-state index contributed by atoms with van der Waals surface area (Å²) in [6.07, 6.45) is 2.12. The van der Waals surface area contributed by atoms with Crippen LogP contribution < -0.4 is 9.47 Å². The molecule has 0 aliphatic carbocycles. The predicted octanol–water partition coefficient (Wildman–Crippen LogP) is 2.95. The normalized spacial score (nSPS) is 16.5. The Morgan fingerprint density at radius 1 is 1.26 bits per heavy atom.